The number of nitrogens with zero attached hydrogens (tertiary/aromatic N) is 3. The van der Waals surface area contributed by atoms with E-state index in [-0.39, 0.29) is 24.6 Å². The van der Waals surface area contributed by atoms with Gasteiger partial charge in [-0.05, 0) is 37.5 Å². The predicted octanol–water partition coefficient (Wildman–Crippen LogP) is 2.96. The van der Waals surface area contributed by atoms with E-state index in [1.165, 1.54) is 6.08 Å². The summed E-state index contributed by atoms with van der Waals surface area (Å²) in [6.45, 7) is 2.63. The third-order valence-electron chi connectivity index (χ3n) is 4.20. The molecule has 1 aromatic heterocycles. The molecule has 6 heteroatoms. The molecule has 1 aromatic carbocycles. The van der Waals surface area contributed by atoms with Gasteiger partial charge < -0.3 is 9.30 Å². The van der Waals surface area contributed by atoms with E-state index in [0.29, 0.717) is 17.9 Å². The fourth-order valence-electron chi connectivity index (χ4n) is 3.21. The molecular formula is C18H18ClN3O2. The maximum absolute atomic E-state index is 10.7. The molecule has 2 aromatic rings. The van der Waals surface area contributed by atoms with Gasteiger partial charge in [0, 0.05) is 18.4 Å². The van der Waals surface area contributed by atoms with Crippen LogP contribution in [0.25, 0.3) is 6.08 Å². The maximum Gasteiger partial charge on any atom is 0.126 e. The molecule has 0 bridgehead atoms. The van der Waals surface area contributed by atoms with Crippen LogP contribution in [-0.2, 0) is 16.0 Å². The predicted molar refractivity (Wildman–Crippen MR) is 92.7 cm³/mol. The third kappa shape index (κ3) is 3.27. The van der Waals surface area contributed by atoms with Crippen LogP contribution in [-0.4, -0.2) is 28.2 Å². The molecule has 1 aliphatic heterocycles. The van der Waals surface area contributed by atoms with Crippen LogP contribution in [0, 0.1) is 11.3 Å². The Hall–Kier alpha value is -2.38. The highest BCUT2D eigenvalue weighted by Gasteiger charge is 2.32. The molecule has 0 saturated carbocycles. The number of imidazole rings is 1. The minimum atomic E-state index is -0.00672. The number of fused-ring (bicyclic) bond motifs is 1. The van der Waals surface area contributed by atoms with E-state index < -0.39 is 0 Å². The van der Waals surface area contributed by atoms with Crippen molar-refractivity contribution in [1.82, 2.24) is 9.55 Å². The second-order valence-electron chi connectivity index (χ2n) is 5.46. The van der Waals surface area contributed by atoms with E-state index in [2.05, 4.69) is 15.6 Å². The van der Waals surface area contributed by atoms with Crippen molar-refractivity contribution in [1.29, 1.82) is 5.26 Å². The second-order valence-corrected chi connectivity index (χ2v) is 5.46. The Labute approximate surface area is 147 Å². The molecule has 2 atom stereocenters. The normalized spacial score (nSPS) is 18.7. The lowest BCUT2D eigenvalue weighted by molar-refractivity contribution is 0.0208. The van der Waals surface area contributed by atoms with Crippen LogP contribution >= 0.6 is 12.4 Å². The molecule has 0 amide bonds. The number of hydrogen-bond donors (Lipinski definition) is 0. The largest absolute Gasteiger partial charge is 0.376 e. The number of aromatic nitrogens is 2. The average molecular weight is 344 g/mol. The van der Waals surface area contributed by atoms with Crippen molar-refractivity contribution in [2.45, 2.75) is 31.9 Å². The van der Waals surface area contributed by atoms with Gasteiger partial charge in [-0.2, -0.15) is 5.26 Å². The summed E-state index contributed by atoms with van der Waals surface area (Å²) in [5, 5.41) is 8.96. The maximum atomic E-state index is 10.7. The van der Waals surface area contributed by atoms with Gasteiger partial charge in [0.1, 0.15) is 5.94 Å². The summed E-state index contributed by atoms with van der Waals surface area (Å²) in [6.07, 6.45) is 4.85. The fraction of sp³-hybridized carbons (Fsp3) is 0.333. The first-order valence-electron chi connectivity index (χ1n) is 7.66. The van der Waals surface area contributed by atoms with Gasteiger partial charge in [0.15, 0.2) is 0 Å². The highest BCUT2D eigenvalue weighted by Crippen LogP contribution is 2.34. The minimum Gasteiger partial charge on any atom is -0.376 e. The Kier molecular flexibility index (Phi) is 5.94. The monoisotopic (exact) mass is 343 g/mol. The summed E-state index contributed by atoms with van der Waals surface area (Å²) < 4.78 is 8.01. The zero-order chi connectivity index (χ0) is 16.2. The Morgan fingerprint density at radius 2 is 2.17 bits per heavy atom. The van der Waals surface area contributed by atoms with Gasteiger partial charge in [0.25, 0.3) is 0 Å². The third-order valence-corrected chi connectivity index (χ3v) is 4.20. The number of ether oxygens (including phenoxy) is 1. The van der Waals surface area contributed by atoms with Gasteiger partial charge in [-0.15, -0.1) is 12.4 Å². The Bertz CT molecular complexity index is 786. The van der Waals surface area contributed by atoms with Crippen LogP contribution < -0.4 is 0 Å². The number of halogens is 1. The van der Waals surface area contributed by atoms with Crippen molar-refractivity contribution in [3.63, 3.8) is 0 Å². The summed E-state index contributed by atoms with van der Waals surface area (Å²) in [7, 11) is 0. The molecule has 2 heterocycles. The molecule has 24 heavy (non-hydrogen) atoms. The lowest BCUT2D eigenvalue weighted by Crippen LogP contribution is -2.33. The molecule has 0 fully saturated rings. The van der Waals surface area contributed by atoms with Crippen molar-refractivity contribution in [2.75, 3.05) is 6.61 Å². The van der Waals surface area contributed by atoms with Gasteiger partial charge in [-0.1, -0.05) is 12.1 Å². The molecule has 0 saturated heterocycles. The Morgan fingerprint density at radius 3 is 2.79 bits per heavy atom. The first-order chi connectivity index (χ1) is 11.3. The SMILES string of the molecule is CCOC1CCc2c(C=C=O)ncn2C1c1ccc(C#N)cc1.Cl. The number of carbonyl (C=O) groups excluding carboxylic acids is 1. The molecule has 0 N–H and O–H groups in total. The van der Waals surface area contributed by atoms with E-state index in [4.69, 9.17) is 10.00 Å². The van der Waals surface area contributed by atoms with E-state index in [0.717, 1.165) is 24.1 Å². The van der Waals surface area contributed by atoms with Gasteiger partial charge in [-0.25, -0.2) is 9.78 Å². The van der Waals surface area contributed by atoms with Crippen LogP contribution in [0.2, 0.25) is 0 Å². The average Bonchev–Trinajstić information content (AvgIpc) is 2.99. The van der Waals surface area contributed by atoms with Crippen LogP contribution in [0.5, 0.6) is 0 Å². The van der Waals surface area contributed by atoms with Crippen LogP contribution in [0.3, 0.4) is 0 Å². The highest BCUT2D eigenvalue weighted by molar-refractivity contribution is 5.85. The molecule has 124 valence electrons. The first-order valence-corrected chi connectivity index (χ1v) is 7.66. The van der Waals surface area contributed by atoms with Gasteiger partial charge in [0.2, 0.25) is 0 Å². The van der Waals surface area contributed by atoms with E-state index >= 15 is 0 Å². The van der Waals surface area contributed by atoms with Gasteiger partial charge in [0.05, 0.1) is 35.8 Å². The molecular weight excluding hydrogens is 326 g/mol. The standard InChI is InChI=1S/C18H17N3O2.ClH/c1-2-23-17-8-7-16-15(9-10-22)20-12-21(16)18(17)14-5-3-13(11-19)4-6-14;/h3-6,9,12,17-18H,2,7-8H2,1H3;1H. The summed E-state index contributed by atoms with van der Waals surface area (Å²) in [6, 6.07) is 9.67. The zero-order valence-electron chi connectivity index (χ0n) is 13.3. The Balaban J connectivity index is 0.00000208. The van der Waals surface area contributed by atoms with Crippen molar-refractivity contribution >= 4 is 24.4 Å². The molecule has 1 aliphatic rings. The lowest BCUT2D eigenvalue weighted by Gasteiger charge is -2.34. The van der Waals surface area contributed by atoms with Crippen LogP contribution in [0.1, 0.15) is 41.9 Å². The van der Waals surface area contributed by atoms with Crippen molar-refractivity contribution in [3.8, 4) is 6.07 Å². The summed E-state index contributed by atoms with van der Waals surface area (Å²) in [5.74, 6) is 1.81. The quantitative estimate of drug-likeness (QED) is 0.800. The number of rotatable bonds is 4. The second kappa shape index (κ2) is 7.94. The Morgan fingerprint density at radius 1 is 1.42 bits per heavy atom. The van der Waals surface area contributed by atoms with E-state index in [1.54, 1.807) is 6.33 Å². The van der Waals surface area contributed by atoms with E-state index in [9.17, 15) is 4.79 Å². The van der Waals surface area contributed by atoms with Crippen molar-refractivity contribution in [3.05, 3.63) is 53.1 Å². The van der Waals surface area contributed by atoms with Crippen molar-refractivity contribution in [2.24, 2.45) is 0 Å². The summed E-state index contributed by atoms with van der Waals surface area (Å²) >= 11 is 0. The molecule has 5 nitrogen and oxygen atoms in total. The van der Waals surface area contributed by atoms with E-state index in [1.807, 2.05) is 37.1 Å². The highest BCUT2D eigenvalue weighted by atomic mass is 35.5. The molecule has 0 aliphatic carbocycles. The number of hydrogen-bond acceptors (Lipinski definition) is 4. The van der Waals surface area contributed by atoms with Gasteiger partial charge >= 0.3 is 0 Å². The summed E-state index contributed by atoms with van der Waals surface area (Å²) in [5.41, 5.74) is 3.41. The number of benzene rings is 1. The van der Waals surface area contributed by atoms with Crippen LogP contribution in [0.4, 0.5) is 0 Å². The molecule has 0 radical (unpaired) electrons. The molecule has 0 spiro atoms. The minimum absolute atomic E-state index is 0. The van der Waals surface area contributed by atoms with Crippen molar-refractivity contribution < 1.29 is 9.53 Å². The molecule has 3 rings (SSSR count). The first kappa shape index (κ1) is 18.0. The lowest BCUT2D eigenvalue weighted by atomic mass is 9.92. The zero-order valence-corrected chi connectivity index (χ0v) is 14.1. The fourth-order valence-corrected chi connectivity index (χ4v) is 3.21. The topological polar surface area (TPSA) is 67.9 Å². The molecule has 2 unspecified atom stereocenters. The summed E-state index contributed by atoms with van der Waals surface area (Å²) in [4.78, 5) is 15.0. The van der Waals surface area contributed by atoms with Gasteiger partial charge in [-0.3, -0.25) is 0 Å². The van der Waals surface area contributed by atoms with Crippen LogP contribution in [0.15, 0.2) is 30.6 Å². The number of nitriles is 1. The smallest absolute Gasteiger partial charge is 0.126 e.